The number of aliphatic carboxylic acids is 1. The molecule has 0 fully saturated rings. The van der Waals surface area contributed by atoms with Crippen molar-refractivity contribution >= 4 is 21.6 Å². The van der Waals surface area contributed by atoms with Crippen LogP contribution < -0.4 is 5.32 Å². The summed E-state index contributed by atoms with van der Waals surface area (Å²) in [7, 11) is -3.45. The predicted molar refractivity (Wildman–Crippen MR) is 62.7 cm³/mol. The average Bonchev–Trinajstić information content (AvgIpc) is 2.15. The Hall–Kier alpha value is -1.63. The van der Waals surface area contributed by atoms with Crippen LogP contribution in [0.3, 0.4) is 0 Å². The molecule has 1 aromatic rings. The molecule has 0 bridgehead atoms. The number of anilines is 1. The van der Waals surface area contributed by atoms with E-state index in [-0.39, 0.29) is 10.7 Å². The van der Waals surface area contributed by atoms with Crippen molar-refractivity contribution in [3.63, 3.8) is 0 Å². The third-order valence-electron chi connectivity index (χ3n) is 2.14. The molecule has 7 heteroatoms. The van der Waals surface area contributed by atoms with Crippen LogP contribution in [0.1, 0.15) is 13.8 Å². The molecule has 1 rings (SSSR count). The summed E-state index contributed by atoms with van der Waals surface area (Å²) in [4.78, 5) is 14.8. The fraction of sp³-hybridized carbons (Fsp3) is 0.400. The van der Waals surface area contributed by atoms with Crippen LogP contribution in [0, 0.1) is 0 Å². The summed E-state index contributed by atoms with van der Waals surface area (Å²) < 4.78 is 23.0. The quantitative estimate of drug-likeness (QED) is 0.827. The highest BCUT2D eigenvalue weighted by atomic mass is 32.2. The van der Waals surface area contributed by atoms with E-state index in [1.54, 1.807) is 0 Å². The van der Waals surface area contributed by atoms with E-state index in [2.05, 4.69) is 10.3 Å². The van der Waals surface area contributed by atoms with Crippen LogP contribution >= 0.6 is 0 Å². The molecule has 0 unspecified atom stereocenters. The van der Waals surface area contributed by atoms with E-state index in [4.69, 9.17) is 5.11 Å². The molecular weight excluding hydrogens is 244 g/mol. The minimum absolute atomic E-state index is 0.0191. The molecule has 0 saturated heterocycles. The molecule has 0 radical (unpaired) electrons. The maximum Gasteiger partial charge on any atom is 0.328 e. The standard InChI is InChI=1S/C10H14N2O4S/c1-10(2,9(13)14)12-8-7(17(3,15)16)5-4-6-11-8/h4-6H,1-3H3,(H,11,12)(H,13,14). The molecule has 0 spiro atoms. The normalized spacial score (nSPS) is 12.2. The van der Waals surface area contributed by atoms with E-state index >= 15 is 0 Å². The fourth-order valence-corrected chi connectivity index (χ4v) is 1.91. The molecule has 0 aromatic carbocycles. The second-order valence-electron chi connectivity index (χ2n) is 4.18. The van der Waals surface area contributed by atoms with Gasteiger partial charge in [-0.1, -0.05) is 0 Å². The van der Waals surface area contributed by atoms with Gasteiger partial charge in [-0.05, 0) is 26.0 Å². The fourth-order valence-electron chi connectivity index (χ4n) is 1.13. The summed E-state index contributed by atoms with van der Waals surface area (Å²) >= 11 is 0. The van der Waals surface area contributed by atoms with Gasteiger partial charge in [-0.25, -0.2) is 18.2 Å². The van der Waals surface area contributed by atoms with E-state index in [1.165, 1.54) is 32.2 Å². The van der Waals surface area contributed by atoms with Gasteiger partial charge in [-0.15, -0.1) is 0 Å². The van der Waals surface area contributed by atoms with Crippen molar-refractivity contribution in [2.45, 2.75) is 24.3 Å². The maximum atomic E-state index is 11.5. The average molecular weight is 258 g/mol. The van der Waals surface area contributed by atoms with E-state index in [0.29, 0.717) is 0 Å². The van der Waals surface area contributed by atoms with Gasteiger partial charge >= 0.3 is 5.97 Å². The number of aromatic nitrogens is 1. The molecule has 0 aliphatic carbocycles. The molecule has 0 aliphatic heterocycles. The number of carbonyl (C=O) groups is 1. The van der Waals surface area contributed by atoms with Crippen LogP contribution in [0.4, 0.5) is 5.82 Å². The number of pyridine rings is 1. The zero-order valence-electron chi connectivity index (χ0n) is 9.76. The minimum atomic E-state index is -3.45. The Balaban J connectivity index is 3.21. The Kier molecular flexibility index (Phi) is 3.42. The molecule has 6 nitrogen and oxygen atoms in total. The van der Waals surface area contributed by atoms with E-state index in [0.717, 1.165) is 6.26 Å². The third kappa shape index (κ3) is 3.16. The van der Waals surface area contributed by atoms with Gasteiger partial charge in [0.2, 0.25) is 0 Å². The number of hydrogen-bond donors (Lipinski definition) is 2. The number of hydrogen-bond acceptors (Lipinski definition) is 5. The topological polar surface area (TPSA) is 96.4 Å². The molecule has 2 N–H and O–H groups in total. The lowest BCUT2D eigenvalue weighted by molar-refractivity contribution is -0.141. The summed E-state index contributed by atoms with van der Waals surface area (Å²) in [6.07, 6.45) is 2.44. The van der Waals surface area contributed by atoms with Crippen molar-refractivity contribution in [1.29, 1.82) is 0 Å². The molecule has 1 heterocycles. The molecular formula is C10H14N2O4S. The summed E-state index contributed by atoms with van der Waals surface area (Å²) in [5.41, 5.74) is -1.30. The number of nitrogens with one attached hydrogen (secondary N) is 1. The summed E-state index contributed by atoms with van der Waals surface area (Å²) in [5, 5.41) is 11.6. The second-order valence-corrected chi connectivity index (χ2v) is 6.16. The first-order valence-electron chi connectivity index (χ1n) is 4.81. The second kappa shape index (κ2) is 4.33. The molecule has 0 aliphatic rings. The summed E-state index contributed by atoms with van der Waals surface area (Å²) in [6, 6.07) is 2.86. The SMILES string of the molecule is CC(C)(Nc1ncccc1S(C)(=O)=O)C(=O)O. The number of carboxylic acids is 1. The van der Waals surface area contributed by atoms with Crippen LogP contribution in [0.2, 0.25) is 0 Å². The lowest BCUT2D eigenvalue weighted by atomic mass is 10.1. The van der Waals surface area contributed by atoms with Crippen LogP contribution in [0.25, 0.3) is 0 Å². The first-order valence-corrected chi connectivity index (χ1v) is 6.70. The highest BCUT2D eigenvalue weighted by molar-refractivity contribution is 7.90. The summed E-state index contributed by atoms with van der Waals surface area (Å²) in [5.74, 6) is -1.05. The molecule has 1 aromatic heterocycles. The Labute approximate surface area is 99.6 Å². The minimum Gasteiger partial charge on any atom is -0.480 e. The van der Waals surface area contributed by atoms with Gasteiger partial charge in [0.15, 0.2) is 9.84 Å². The van der Waals surface area contributed by atoms with Crippen molar-refractivity contribution in [2.75, 3.05) is 11.6 Å². The van der Waals surface area contributed by atoms with E-state index in [9.17, 15) is 13.2 Å². The number of rotatable bonds is 4. The first-order chi connectivity index (χ1) is 7.64. The molecule has 0 atom stereocenters. The molecule has 94 valence electrons. The molecule has 0 saturated carbocycles. The van der Waals surface area contributed by atoms with Crippen molar-refractivity contribution < 1.29 is 18.3 Å². The van der Waals surface area contributed by atoms with Gasteiger partial charge in [0.05, 0.1) is 0 Å². The van der Waals surface area contributed by atoms with Gasteiger partial charge in [0.25, 0.3) is 0 Å². The van der Waals surface area contributed by atoms with Crippen LogP contribution in [0.15, 0.2) is 23.2 Å². The smallest absolute Gasteiger partial charge is 0.328 e. The number of sulfone groups is 1. The Morgan fingerprint density at radius 3 is 2.53 bits per heavy atom. The summed E-state index contributed by atoms with van der Waals surface area (Å²) in [6.45, 7) is 2.85. The number of carboxylic acid groups (broad SMARTS) is 1. The monoisotopic (exact) mass is 258 g/mol. The number of nitrogens with zero attached hydrogens (tertiary/aromatic N) is 1. The van der Waals surface area contributed by atoms with E-state index in [1.807, 2.05) is 0 Å². The van der Waals surface area contributed by atoms with Crippen LogP contribution in [0.5, 0.6) is 0 Å². The Morgan fingerprint density at radius 2 is 2.06 bits per heavy atom. The van der Waals surface area contributed by atoms with Crippen LogP contribution in [-0.2, 0) is 14.6 Å². The van der Waals surface area contributed by atoms with Gasteiger partial charge in [-0.2, -0.15) is 0 Å². The van der Waals surface area contributed by atoms with Crippen molar-refractivity contribution in [1.82, 2.24) is 4.98 Å². The van der Waals surface area contributed by atoms with Crippen molar-refractivity contribution in [2.24, 2.45) is 0 Å². The van der Waals surface area contributed by atoms with Gasteiger partial charge in [0.1, 0.15) is 16.3 Å². The lowest BCUT2D eigenvalue weighted by Gasteiger charge is -2.22. The molecule has 0 amide bonds. The zero-order valence-corrected chi connectivity index (χ0v) is 10.6. The first kappa shape index (κ1) is 13.4. The Bertz CT molecular complexity index is 537. The zero-order chi connectivity index (χ0) is 13.3. The van der Waals surface area contributed by atoms with Gasteiger partial charge in [0, 0.05) is 12.5 Å². The van der Waals surface area contributed by atoms with Crippen molar-refractivity contribution in [3.05, 3.63) is 18.3 Å². The van der Waals surface area contributed by atoms with Crippen LogP contribution in [-0.4, -0.2) is 36.3 Å². The van der Waals surface area contributed by atoms with Crippen molar-refractivity contribution in [3.8, 4) is 0 Å². The highest BCUT2D eigenvalue weighted by Crippen LogP contribution is 2.21. The lowest BCUT2D eigenvalue weighted by Crippen LogP contribution is -2.40. The Morgan fingerprint density at radius 1 is 1.47 bits per heavy atom. The maximum absolute atomic E-state index is 11.5. The van der Waals surface area contributed by atoms with Gasteiger partial charge < -0.3 is 10.4 Å². The predicted octanol–water partition coefficient (Wildman–Crippen LogP) is 0.760. The van der Waals surface area contributed by atoms with Gasteiger partial charge in [-0.3, -0.25) is 0 Å². The molecule has 17 heavy (non-hydrogen) atoms. The van der Waals surface area contributed by atoms with E-state index < -0.39 is 21.3 Å². The highest BCUT2D eigenvalue weighted by Gasteiger charge is 2.29. The third-order valence-corrected chi connectivity index (χ3v) is 3.26. The largest absolute Gasteiger partial charge is 0.480 e.